The van der Waals surface area contributed by atoms with Crippen molar-refractivity contribution in [3.8, 4) is 0 Å². The number of nitrogens with zero attached hydrogens (tertiary/aromatic N) is 3. The SMILES string of the molecule is Cn1ccc2ccnc(C(=O)OCc3cc4ncccc4[nH]3)c21. The van der Waals surface area contributed by atoms with Gasteiger partial charge in [-0.15, -0.1) is 0 Å². The summed E-state index contributed by atoms with van der Waals surface area (Å²) >= 11 is 0. The van der Waals surface area contributed by atoms with E-state index in [2.05, 4.69) is 15.0 Å². The van der Waals surface area contributed by atoms with Gasteiger partial charge in [-0.05, 0) is 30.3 Å². The molecule has 0 aliphatic carbocycles. The lowest BCUT2D eigenvalue weighted by atomic mass is 10.2. The summed E-state index contributed by atoms with van der Waals surface area (Å²) in [5, 5.41) is 0.962. The minimum Gasteiger partial charge on any atom is -0.454 e. The van der Waals surface area contributed by atoms with Crippen LogP contribution < -0.4 is 0 Å². The maximum atomic E-state index is 12.4. The molecule has 0 saturated carbocycles. The number of fused-ring (bicyclic) bond motifs is 2. The summed E-state index contributed by atoms with van der Waals surface area (Å²) in [6.07, 6.45) is 5.24. The van der Waals surface area contributed by atoms with Gasteiger partial charge >= 0.3 is 5.97 Å². The molecule has 4 aromatic heterocycles. The van der Waals surface area contributed by atoms with Crippen LogP contribution >= 0.6 is 0 Å². The van der Waals surface area contributed by atoms with Crippen LogP contribution in [-0.4, -0.2) is 25.5 Å². The van der Waals surface area contributed by atoms with Gasteiger partial charge < -0.3 is 14.3 Å². The fraction of sp³-hybridized carbons (Fsp3) is 0.118. The van der Waals surface area contributed by atoms with Crippen LogP contribution in [0, 0.1) is 0 Å². The first-order chi connectivity index (χ1) is 11.2. The molecule has 6 nitrogen and oxygen atoms in total. The minimum absolute atomic E-state index is 0.150. The van der Waals surface area contributed by atoms with Crippen molar-refractivity contribution in [2.45, 2.75) is 6.61 Å². The topological polar surface area (TPSA) is 72.8 Å². The minimum atomic E-state index is -0.441. The van der Waals surface area contributed by atoms with Crippen LogP contribution in [0.15, 0.2) is 48.9 Å². The van der Waals surface area contributed by atoms with Crippen molar-refractivity contribution >= 4 is 27.9 Å². The number of hydrogen-bond acceptors (Lipinski definition) is 4. The van der Waals surface area contributed by atoms with E-state index in [0.717, 1.165) is 27.6 Å². The number of esters is 1. The highest BCUT2D eigenvalue weighted by atomic mass is 16.5. The largest absolute Gasteiger partial charge is 0.454 e. The van der Waals surface area contributed by atoms with E-state index in [4.69, 9.17) is 4.74 Å². The molecule has 0 fully saturated rings. The molecule has 0 spiro atoms. The van der Waals surface area contributed by atoms with Gasteiger partial charge in [-0.1, -0.05) is 0 Å². The number of aryl methyl sites for hydroxylation is 1. The zero-order valence-corrected chi connectivity index (χ0v) is 12.5. The molecule has 4 aromatic rings. The van der Waals surface area contributed by atoms with E-state index in [0.29, 0.717) is 5.69 Å². The second-order valence-electron chi connectivity index (χ2n) is 5.33. The molecular formula is C17H14N4O2. The Bertz CT molecular complexity index is 983. The third-order valence-corrected chi connectivity index (χ3v) is 3.78. The van der Waals surface area contributed by atoms with Crippen molar-refractivity contribution in [1.29, 1.82) is 0 Å². The van der Waals surface area contributed by atoms with Crippen LogP contribution in [0.2, 0.25) is 0 Å². The van der Waals surface area contributed by atoms with Crippen LogP contribution in [0.25, 0.3) is 21.9 Å². The van der Waals surface area contributed by atoms with Crippen LogP contribution in [0.1, 0.15) is 16.2 Å². The number of carbonyl (C=O) groups excluding carboxylic acids is 1. The summed E-state index contributed by atoms with van der Waals surface area (Å²) in [5.74, 6) is -0.441. The predicted molar refractivity (Wildman–Crippen MR) is 85.9 cm³/mol. The molecule has 23 heavy (non-hydrogen) atoms. The Balaban J connectivity index is 1.58. The van der Waals surface area contributed by atoms with Crippen LogP contribution in [0.5, 0.6) is 0 Å². The summed E-state index contributed by atoms with van der Waals surface area (Å²) in [4.78, 5) is 24.0. The zero-order chi connectivity index (χ0) is 15.8. The highest BCUT2D eigenvalue weighted by Crippen LogP contribution is 2.19. The molecule has 0 unspecified atom stereocenters. The maximum Gasteiger partial charge on any atom is 0.359 e. The molecule has 0 aromatic carbocycles. The first-order valence-electron chi connectivity index (χ1n) is 7.22. The standard InChI is InChI=1S/C17H14N4O2/c1-21-8-5-11-4-7-19-15(16(11)21)17(22)23-10-12-9-14-13(20-12)3-2-6-18-14/h2-9,20H,10H2,1H3. The molecular weight excluding hydrogens is 292 g/mol. The first kappa shape index (κ1) is 13.5. The molecule has 0 atom stereocenters. The van der Waals surface area contributed by atoms with E-state index in [1.54, 1.807) is 12.4 Å². The van der Waals surface area contributed by atoms with Gasteiger partial charge in [0, 0.05) is 31.0 Å². The molecule has 4 heterocycles. The van der Waals surface area contributed by atoms with Crippen LogP contribution in [-0.2, 0) is 18.4 Å². The lowest BCUT2D eigenvalue weighted by Gasteiger charge is -2.05. The van der Waals surface area contributed by atoms with Gasteiger partial charge in [0.25, 0.3) is 0 Å². The average Bonchev–Trinajstić information content (AvgIpc) is 3.16. The second kappa shape index (κ2) is 5.24. The molecule has 0 amide bonds. The number of H-pyrrole nitrogens is 1. The van der Waals surface area contributed by atoms with Gasteiger partial charge in [-0.2, -0.15) is 0 Å². The molecule has 6 heteroatoms. The monoisotopic (exact) mass is 306 g/mol. The fourth-order valence-corrected chi connectivity index (χ4v) is 2.69. The van der Waals surface area contributed by atoms with E-state index in [9.17, 15) is 4.79 Å². The zero-order valence-electron chi connectivity index (χ0n) is 12.5. The summed E-state index contributed by atoms with van der Waals surface area (Å²) in [7, 11) is 1.88. The van der Waals surface area contributed by atoms with Crippen molar-refractivity contribution in [1.82, 2.24) is 19.5 Å². The Hall–Kier alpha value is -3.15. The van der Waals surface area contributed by atoms with Gasteiger partial charge in [0.15, 0.2) is 5.69 Å². The van der Waals surface area contributed by atoms with Gasteiger partial charge in [-0.25, -0.2) is 9.78 Å². The van der Waals surface area contributed by atoms with Gasteiger partial charge in [0.05, 0.1) is 22.2 Å². The molecule has 0 aliphatic rings. The molecule has 4 rings (SSSR count). The third-order valence-electron chi connectivity index (χ3n) is 3.78. The molecule has 114 valence electrons. The van der Waals surface area contributed by atoms with Crippen LogP contribution in [0.4, 0.5) is 0 Å². The van der Waals surface area contributed by atoms with Crippen LogP contribution in [0.3, 0.4) is 0 Å². The smallest absolute Gasteiger partial charge is 0.359 e. The lowest BCUT2D eigenvalue weighted by molar-refractivity contribution is 0.0463. The van der Waals surface area contributed by atoms with Crippen molar-refractivity contribution in [3.05, 3.63) is 60.3 Å². The van der Waals surface area contributed by atoms with Gasteiger partial charge in [0.1, 0.15) is 6.61 Å². The quantitative estimate of drug-likeness (QED) is 0.591. The number of nitrogens with one attached hydrogen (secondary N) is 1. The Kier molecular flexibility index (Phi) is 3.08. The van der Waals surface area contributed by atoms with Crippen molar-refractivity contribution in [3.63, 3.8) is 0 Å². The lowest BCUT2D eigenvalue weighted by Crippen LogP contribution is -2.09. The first-order valence-corrected chi connectivity index (χ1v) is 7.22. The molecule has 0 saturated heterocycles. The number of ether oxygens (including phenoxy) is 1. The molecule has 0 aliphatic heterocycles. The fourth-order valence-electron chi connectivity index (χ4n) is 2.69. The Morgan fingerprint density at radius 1 is 1.26 bits per heavy atom. The Morgan fingerprint density at radius 2 is 2.17 bits per heavy atom. The maximum absolute atomic E-state index is 12.4. The molecule has 0 radical (unpaired) electrons. The van der Waals surface area contributed by atoms with E-state index >= 15 is 0 Å². The summed E-state index contributed by atoms with van der Waals surface area (Å²) < 4.78 is 7.27. The number of aromatic amines is 1. The highest BCUT2D eigenvalue weighted by Gasteiger charge is 2.16. The summed E-state index contributed by atoms with van der Waals surface area (Å²) in [5.41, 5.74) is 3.66. The number of aromatic nitrogens is 4. The number of hydrogen-bond donors (Lipinski definition) is 1. The van der Waals surface area contributed by atoms with E-state index in [1.807, 2.05) is 48.1 Å². The summed E-state index contributed by atoms with van der Waals surface area (Å²) in [6.45, 7) is 0.150. The molecule has 0 bridgehead atoms. The van der Waals surface area contributed by atoms with Crippen molar-refractivity contribution in [2.75, 3.05) is 0 Å². The van der Waals surface area contributed by atoms with E-state index in [1.165, 1.54) is 0 Å². The normalized spacial score (nSPS) is 11.2. The Labute approximate surface area is 131 Å². The molecule has 1 N–H and O–H groups in total. The number of carbonyl (C=O) groups is 1. The number of pyridine rings is 2. The van der Waals surface area contributed by atoms with E-state index < -0.39 is 5.97 Å². The highest BCUT2D eigenvalue weighted by molar-refractivity contribution is 6.01. The predicted octanol–water partition coefficient (Wildman–Crippen LogP) is 2.81. The van der Waals surface area contributed by atoms with Gasteiger partial charge in [-0.3, -0.25) is 4.98 Å². The third kappa shape index (κ3) is 2.34. The van der Waals surface area contributed by atoms with Crippen molar-refractivity contribution < 1.29 is 9.53 Å². The van der Waals surface area contributed by atoms with Gasteiger partial charge in [0.2, 0.25) is 0 Å². The number of rotatable bonds is 3. The van der Waals surface area contributed by atoms with E-state index in [-0.39, 0.29) is 6.61 Å². The Morgan fingerprint density at radius 3 is 3.04 bits per heavy atom. The second-order valence-corrected chi connectivity index (χ2v) is 5.33. The summed E-state index contributed by atoms with van der Waals surface area (Å²) in [6, 6.07) is 9.47. The average molecular weight is 306 g/mol. The van der Waals surface area contributed by atoms with Crippen molar-refractivity contribution in [2.24, 2.45) is 7.05 Å².